The summed E-state index contributed by atoms with van der Waals surface area (Å²) >= 11 is 0. The number of rotatable bonds is 1. The van der Waals surface area contributed by atoms with E-state index in [4.69, 9.17) is 0 Å². The molecule has 1 aliphatic heterocycles. The summed E-state index contributed by atoms with van der Waals surface area (Å²) in [4.78, 5) is 14.0. The molecule has 1 aromatic rings. The average molecular weight is 233 g/mol. The van der Waals surface area contributed by atoms with Gasteiger partial charge in [0.1, 0.15) is 0 Å². The zero-order chi connectivity index (χ0) is 12.8. The van der Waals surface area contributed by atoms with E-state index in [0.29, 0.717) is 13.1 Å². The second kappa shape index (κ2) is 3.84. The number of amides is 1. The molecule has 3 nitrogen and oxygen atoms in total. The van der Waals surface area contributed by atoms with Crippen LogP contribution in [0.3, 0.4) is 0 Å². The fourth-order valence-corrected chi connectivity index (χ4v) is 2.60. The molecule has 1 fully saturated rings. The molecule has 1 amide bonds. The van der Waals surface area contributed by atoms with Gasteiger partial charge in [-0.1, -0.05) is 17.7 Å². The van der Waals surface area contributed by atoms with Crippen molar-refractivity contribution in [3.8, 4) is 0 Å². The van der Waals surface area contributed by atoms with E-state index in [9.17, 15) is 9.90 Å². The van der Waals surface area contributed by atoms with Crippen LogP contribution in [-0.4, -0.2) is 34.6 Å². The van der Waals surface area contributed by atoms with Crippen molar-refractivity contribution >= 4 is 5.91 Å². The van der Waals surface area contributed by atoms with Gasteiger partial charge in [-0.2, -0.15) is 0 Å². The average Bonchev–Trinajstić information content (AvgIpc) is 2.11. The lowest BCUT2D eigenvalue weighted by Gasteiger charge is -2.44. The summed E-state index contributed by atoms with van der Waals surface area (Å²) < 4.78 is 0. The lowest BCUT2D eigenvalue weighted by molar-refractivity contribution is -0.0669. The van der Waals surface area contributed by atoms with Crippen LogP contribution >= 0.6 is 0 Å². The summed E-state index contributed by atoms with van der Waals surface area (Å²) in [6, 6.07) is 4.05. The first-order valence-electron chi connectivity index (χ1n) is 5.90. The number of nitrogens with zero attached hydrogens (tertiary/aromatic N) is 1. The number of carbonyl (C=O) groups excluding carboxylic acids is 1. The number of carbonyl (C=O) groups is 1. The first-order chi connectivity index (χ1) is 7.80. The van der Waals surface area contributed by atoms with Crippen LogP contribution in [0.2, 0.25) is 0 Å². The van der Waals surface area contributed by atoms with E-state index < -0.39 is 5.60 Å². The SMILES string of the molecule is Cc1cc(C)c(C(=O)N2CC(C)(O)C2)c(C)c1. The van der Waals surface area contributed by atoms with Gasteiger partial charge in [0.25, 0.3) is 5.91 Å². The van der Waals surface area contributed by atoms with Crippen LogP contribution in [0.25, 0.3) is 0 Å². The van der Waals surface area contributed by atoms with Crippen LogP contribution in [0.5, 0.6) is 0 Å². The molecule has 0 saturated carbocycles. The lowest BCUT2D eigenvalue weighted by atomic mass is 9.93. The zero-order valence-corrected chi connectivity index (χ0v) is 10.9. The molecule has 1 saturated heterocycles. The molecule has 1 aliphatic rings. The molecule has 1 heterocycles. The highest BCUT2D eigenvalue weighted by molar-refractivity contribution is 5.97. The topological polar surface area (TPSA) is 40.5 Å². The highest BCUT2D eigenvalue weighted by atomic mass is 16.3. The Balaban J connectivity index is 2.27. The van der Waals surface area contributed by atoms with Crippen molar-refractivity contribution in [1.82, 2.24) is 4.90 Å². The van der Waals surface area contributed by atoms with Crippen LogP contribution < -0.4 is 0 Å². The minimum absolute atomic E-state index is 0.0338. The molecule has 0 spiro atoms. The third-order valence-corrected chi connectivity index (χ3v) is 3.24. The van der Waals surface area contributed by atoms with Gasteiger partial charge in [0.05, 0.1) is 18.7 Å². The molecular weight excluding hydrogens is 214 g/mol. The van der Waals surface area contributed by atoms with Crippen molar-refractivity contribution in [2.24, 2.45) is 0 Å². The summed E-state index contributed by atoms with van der Waals surface area (Å²) in [5, 5.41) is 9.67. The zero-order valence-electron chi connectivity index (χ0n) is 10.9. The molecule has 0 atom stereocenters. The van der Waals surface area contributed by atoms with Crippen LogP contribution in [0.1, 0.15) is 34.0 Å². The number of hydrogen-bond donors (Lipinski definition) is 1. The van der Waals surface area contributed by atoms with Gasteiger partial charge in [0.2, 0.25) is 0 Å². The maximum absolute atomic E-state index is 12.3. The number of aryl methyl sites for hydroxylation is 3. The molecular formula is C14H19NO2. The number of β-amino-alcohol motifs (C(OH)–C–C–N with tert-alkyl or cyclic N) is 1. The van der Waals surface area contributed by atoms with E-state index >= 15 is 0 Å². The highest BCUT2D eigenvalue weighted by Crippen LogP contribution is 2.25. The molecule has 0 aromatic heterocycles. The Morgan fingerprint density at radius 1 is 1.24 bits per heavy atom. The maximum atomic E-state index is 12.3. The Morgan fingerprint density at radius 3 is 2.12 bits per heavy atom. The standard InChI is InChI=1S/C14H19NO2/c1-9-5-10(2)12(11(3)6-9)13(16)15-7-14(4,17)8-15/h5-6,17H,7-8H2,1-4H3. The van der Waals surface area contributed by atoms with Crippen molar-refractivity contribution in [2.45, 2.75) is 33.3 Å². The fourth-order valence-electron chi connectivity index (χ4n) is 2.60. The van der Waals surface area contributed by atoms with Crippen molar-refractivity contribution in [1.29, 1.82) is 0 Å². The highest BCUT2D eigenvalue weighted by Gasteiger charge is 2.40. The fraction of sp³-hybridized carbons (Fsp3) is 0.500. The summed E-state index contributed by atoms with van der Waals surface area (Å²) in [6.07, 6.45) is 0. The predicted molar refractivity (Wildman–Crippen MR) is 67.2 cm³/mol. The lowest BCUT2D eigenvalue weighted by Crippen LogP contribution is -2.61. The van der Waals surface area contributed by atoms with Gasteiger partial charge in [0, 0.05) is 5.56 Å². The summed E-state index contributed by atoms with van der Waals surface area (Å²) in [5.41, 5.74) is 3.28. The van der Waals surface area contributed by atoms with Gasteiger partial charge < -0.3 is 10.0 Å². The second-order valence-electron chi connectivity index (χ2n) is 5.43. The Morgan fingerprint density at radius 2 is 1.71 bits per heavy atom. The van der Waals surface area contributed by atoms with E-state index in [2.05, 4.69) is 0 Å². The van der Waals surface area contributed by atoms with Gasteiger partial charge in [-0.25, -0.2) is 0 Å². The summed E-state index contributed by atoms with van der Waals surface area (Å²) in [5.74, 6) is 0.0338. The molecule has 0 unspecified atom stereocenters. The van der Waals surface area contributed by atoms with E-state index in [1.54, 1.807) is 11.8 Å². The third kappa shape index (κ3) is 2.20. The molecule has 3 heteroatoms. The Kier molecular flexibility index (Phi) is 2.74. The molecule has 0 bridgehead atoms. The molecule has 92 valence electrons. The second-order valence-corrected chi connectivity index (χ2v) is 5.43. The van der Waals surface area contributed by atoms with Gasteiger partial charge in [-0.3, -0.25) is 4.79 Å². The molecule has 0 radical (unpaired) electrons. The van der Waals surface area contributed by atoms with Crippen molar-refractivity contribution in [2.75, 3.05) is 13.1 Å². The van der Waals surface area contributed by atoms with Crippen LogP contribution in [0.15, 0.2) is 12.1 Å². The molecule has 17 heavy (non-hydrogen) atoms. The van der Waals surface area contributed by atoms with Crippen molar-refractivity contribution in [3.05, 3.63) is 34.4 Å². The van der Waals surface area contributed by atoms with E-state index in [0.717, 1.165) is 16.7 Å². The van der Waals surface area contributed by atoms with Crippen LogP contribution in [0, 0.1) is 20.8 Å². The number of aliphatic hydroxyl groups is 1. The summed E-state index contributed by atoms with van der Waals surface area (Å²) in [6.45, 7) is 8.57. The Bertz CT molecular complexity index is 446. The molecule has 0 aliphatic carbocycles. The Labute approximate surface area is 102 Å². The maximum Gasteiger partial charge on any atom is 0.254 e. The monoisotopic (exact) mass is 233 g/mol. The molecule has 1 N–H and O–H groups in total. The predicted octanol–water partition coefficient (Wildman–Crippen LogP) is 1.82. The number of likely N-dealkylation sites (tertiary alicyclic amines) is 1. The van der Waals surface area contributed by atoms with Crippen LogP contribution in [0.4, 0.5) is 0 Å². The first kappa shape index (κ1) is 12.1. The number of hydrogen-bond acceptors (Lipinski definition) is 2. The normalized spacial score (nSPS) is 17.8. The molecule has 1 aromatic carbocycles. The van der Waals surface area contributed by atoms with Gasteiger partial charge in [0.15, 0.2) is 0 Å². The molecule has 2 rings (SSSR count). The van der Waals surface area contributed by atoms with E-state index in [1.165, 1.54) is 5.56 Å². The van der Waals surface area contributed by atoms with Gasteiger partial charge in [-0.05, 0) is 38.8 Å². The smallest absolute Gasteiger partial charge is 0.254 e. The number of benzene rings is 1. The quantitative estimate of drug-likeness (QED) is 0.803. The largest absolute Gasteiger partial charge is 0.386 e. The summed E-state index contributed by atoms with van der Waals surface area (Å²) in [7, 11) is 0. The minimum atomic E-state index is -0.706. The van der Waals surface area contributed by atoms with Crippen LogP contribution in [-0.2, 0) is 0 Å². The van der Waals surface area contributed by atoms with Gasteiger partial charge in [-0.15, -0.1) is 0 Å². The van der Waals surface area contributed by atoms with E-state index in [-0.39, 0.29) is 5.91 Å². The minimum Gasteiger partial charge on any atom is -0.386 e. The Hall–Kier alpha value is -1.35. The van der Waals surface area contributed by atoms with E-state index in [1.807, 2.05) is 32.9 Å². The first-order valence-corrected chi connectivity index (χ1v) is 5.90. The van der Waals surface area contributed by atoms with Crippen molar-refractivity contribution < 1.29 is 9.90 Å². The third-order valence-electron chi connectivity index (χ3n) is 3.24. The van der Waals surface area contributed by atoms with Gasteiger partial charge >= 0.3 is 0 Å². The van der Waals surface area contributed by atoms with Crippen molar-refractivity contribution in [3.63, 3.8) is 0 Å².